The molecule has 0 unspecified atom stereocenters. The zero-order chi connectivity index (χ0) is 10.1. The van der Waals surface area contributed by atoms with E-state index >= 15 is 0 Å². The van der Waals surface area contributed by atoms with Crippen molar-refractivity contribution in [1.29, 1.82) is 0 Å². The number of thiol groups is 1. The minimum Gasteiger partial charge on any atom is -0.423 e. The van der Waals surface area contributed by atoms with E-state index in [-0.39, 0.29) is 5.63 Å². The summed E-state index contributed by atoms with van der Waals surface area (Å²) < 4.78 is 5.02. The molecule has 1 aromatic heterocycles. The SMILES string of the molecule is Nc1ccc2c(CS)cc(=O)oc2c1. The maximum Gasteiger partial charge on any atom is 0.336 e. The van der Waals surface area contributed by atoms with Crippen LogP contribution in [0.4, 0.5) is 5.69 Å². The Balaban J connectivity index is 2.87. The second-order valence-electron chi connectivity index (χ2n) is 3.00. The molecular weight excluding hydrogens is 198 g/mol. The molecule has 0 saturated carbocycles. The molecule has 0 bridgehead atoms. The first-order valence-electron chi connectivity index (χ1n) is 4.14. The van der Waals surface area contributed by atoms with Gasteiger partial charge in [-0.1, -0.05) is 0 Å². The van der Waals surface area contributed by atoms with Gasteiger partial charge in [-0.05, 0) is 17.7 Å². The van der Waals surface area contributed by atoms with Crippen molar-refractivity contribution in [2.75, 3.05) is 5.73 Å². The lowest BCUT2D eigenvalue weighted by atomic mass is 10.1. The third-order valence-corrected chi connectivity index (χ3v) is 2.37. The van der Waals surface area contributed by atoms with Crippen molar-refractivity contribution in [1.82, 2.24) is 0 Å². The van der Waals surface area contributed by atoms with Crippen molar-refractivity contribution >= 4 is 29.3 Å². The smallest absolute Gasteiger partial charge is 0.336 e. The molecule has 0 aliphatic rings. The molecule has 0 atom stereocenters. The van der Waals surface area contributed by atoms with Crippen LogP contribution in [0.1, 0.15) is 5.56 Å². The second-order valence-corrected chi connectivity index (χ2v) is 3.32. The number of benzene rings is 1. The lowest BCUT2D eigenvalue weighted by molar-refractivity contribution is 0.560. The Morgan fingerprint density at radius 1 is 1.36 bits per heavy atom. The number of hydrogen-bond acceptors (Lipinski definition) is 4. The van der Waals surface area contributed by atoms with Gasteiger partial charge in [-0.25, -0.2) is 4.79 Å². The minimum absolute atomic E-state index is 0.368. The van der Waals surface area contributed by atoms with E-state index in [0.29, 0.717) is 17.0 Å². The Labute approximate surface area is 85.9 Å². The lowest BCUT2D eigenvalue weighted by Crippen LogP contribution is -1.99. The van der Waals surface area contributed by atoms with E-state index in [1.807, 2.05) is 6.07 Å². The Morgan fingerprint density at radius 2 is 2.14 bits per heavy atom. The maximum atomic E-state index is 11.1. The third kappa shape index (κ3) is 1.48. The van der Waals surface area contributed by atoms with Gasteiger partial charge in [-0.2, -0.15) is 12.6 Å². The van der Waals surface area contributed by atoms with Crippen LogP contribution in [0.15, 0.2) is 33.5 Å². The standard InChI is InChI=1S/C10H9NO2S/c11-7-1-2-8-6(5-14)3-10(12)13-9(8)4-7/h1-4,14H,5,11H2. The number of nitrogens with two attached hydrogens (primary N) is 1. The van der Waals surface area contributed by atoms with E-state index in [9.17, 15) is 4.79 Å². The summed E-state index contributed by atoms with van der Waals surface area (Å²) in [4.78, 5) is 11.1. The van der Waals surface area contributed by atoms with Crippen LogP contribution in [-0.2, 0) is 5.75 Å². The summed E-state index contributed by atoms with van der Waals surface area (Å²) in [7, 11) is 0. The molecule has 0 fully saturated rings. The zero-order valence-electron chi connectivity index (χ0n) is 7.36. The summed E-state index contributed by atoms with van der Waals surface area (Å²) in [6.45, 7) is 0. The third-order valence-electron chi connectivity index (χ3n) is 2.02. The minimum atomic E-state index is -0.368. The quantitative estimate of drug-likeness (QED) is 0.426. The van der Waals surface area contributed by atoms with Crippen molar-refractivity contribution in [3.63, 3.8) is 0 Å². The average Bonchev–Trinajstić information content (AvgIpc) is 2.15. The number of anilines is 1. The highest BCUT2D eigenvalue weighted by atomic mass is 32.1. The van der Waals surface area contributed by atoms with Crippen molar-refractivity contribution in [3.05, 3.63) is 40.2 Å². The Bertz CT molecular complexity index is 533. The largest absolute Gasteiger partial charge is 0.423 e. The van der Waals surface area contributed by atoms with Crippen LogP contribution in [0.25, 0.3) is 11.0 Å². The van der Waals surface area contributed by atoms with Gasteiger partial charge in [0, 0.05) is 29.0 Å². The fourth-order valence-corrected chi connectivity index (χ4v) is 1.64. The highest BCUT2D eigenvalue weighted by Gasteiger charge is 2.03. The summed E-state index contributed by atoms with van der Waals surface area (Å²) in [5, 5.41) is 0.883. The monoisotopic (exact) mass is 207 g/mol. The molecule has 0 radical (unpaired) electrons. The molecule has 14 heavy (non-hydrogen) atoms. The number of rotatable bonds is 1. The first-order chi connectivity index (χ1) is 6.70. The van der Waals surface area contributed by atoms with Crippen molar-refractivity contribution in [2.24, 2.45) is 0 Å². The van der Waals surface area contributed by atoms with Gasteiger partial charge in [0.1, 0.15) is 5.58 Å². The summed E-state index contributed by atoms with van der Waals surface area (Å²) in [5.74, 6) is 0.506. The van der Waals surface area contributed by atoms with E-state index in [1.165, 1.54) is 6.07 Å². The molecule has 0 aliphatic heterocycles. The Kier molecular flexibility index (Phi) is 2.21. The van der Waals surface area contributed by atoms with Crippen molar-refractivity contribution in [2.45, 2.75) is 5.75 Å². The molecule has 72 valence electrons. The summed E-state index contributed by atoms with van der Waals surface area (Å²) in [5.41, 5.74) is 7.17. The molecule has 2 aromatic rings. The van der Waals surface area contributed by atoms with Crippen molar-refractivity contribution in [3.8, 4) is 0 Å². The Morgan fingerprint density at radius 3 is 2.86 bits per heavy atom. The van der Waals surface area contributed by atoms with Gasteiger partial charge < -0.3 is 10.2 Å². The molecule has 0 aliphatic carbocycles. The van der Waals surface area contributed by atoms with Crippen LogP contribution in [0.5, 0.6) is 0 Å². The van der Waals surface area contributed by atoms with Crippen LogP contribution >= 0.6 is 12.6 Å². The van der Waals surface area contributed by atoms with Gasteiger partial charge in [-0.3, -0.25) is 0 Å². The van der Waals surface area contributed by atoms with Crippen LogP contribution < -0.4 is 11.4 Å². The molecule has 1 aromatic carbocycles. The summed E-state index contributed by atoms with van der Waals surface area (Å²) >= 11 is 4.15. The molecule has 4 heteroatoms. The van der Waals surface area contributed by atoms with E-state index in [1.54, 1.807) is 12.1 Å². The van der Waals surface area contributed by atoms with Crippen LogP contribution in [0.2, 0.25) is 0 Å². The number of nitrogen functional groups attached to an aromatic ring is 1. The molecule has 0 spiro atoms. The first-order valence-corrected chi connectivity index (χ1v) is 4.77. The molecule has 0 amide bonds. The highest BCUT2D eigenvalue weighted by molar-refractivity contribution is 7.79. The van der Waals surface area contributed by atoms with Crippen LogP contribution in [0, 0.1) is 0 Å². The topological polar surface area (TPSA) is 56.2 Å². The van der Waals surface area contributed by atoms with Gasteiger partial charge in [0.25, 0.3) is 0 Å². The number of fused-ring (bicyclic) bond motifs is 1. The molecule has 0 saturated heterocycles. The van der Waals surface area contributed by atoms with E-state index < -0.39 is 0 Å². The fraction of sp³-hybridized carbons (Fsp3) is 0.100. The summed E-state index contributed by atoms with van der Waals surface area (Å²) in [6.07, 6.45) is 0. The second kappa shape index (κ2) is 3.38. The van der Waals surface area contributed by atoms with Crippen LogP contribution in [0.3, 0.4) is 0 Å². The Hall–Kier alpha value is -1.42. The first kappa shape index (κ1) is 9.15. The van der Waals surface area contributed by atoms with Gasteiger partial charge in [0.05, 0.1) is 0 Å². The molecule has 1 heterocycles. The number of hydrogen-bond donors (Lipinski definition) is 2. The maximum absolute atomic E-state index is 11.1. The van der Waals surface area contributed by atoms with Gasteiger partial charge >= 0.3 is 5.63 Å². The predicted octanol–water partition coefficient (Wildman–Crippen LogP) is 1.80. The zero-order valence-corrected chi connectivity index (χ0v) is 8.25. The molecule has 2 rings (SSSR count). The van der Waals surface area contributed by atoms with Crippen molar-refractivity contribution < 1.29 is 4.42 Å². The van der Waals surface area contributed by atoms with E-state index in [2.05, 4.69) is 12.6 Å². The molecule has 2 N–H and O–H groups in total. The van der Waals surface area contributed by atoms with Gasteiger partial charge in [0.2, 0.25) is 0 Å². The average molecular weight is 207 g/mol. The molecule has 3 nitrogen and oxygen atoms in total. The predicted molar refractivity (Wildman–Crippen MR) is 59.6 cm³/mol. The van der Waals surface area contributed by atoms with Gasteiger partial charge in [0.15, 0.2) is 0 Å². The lowest BCUT2D eigenvalue weighted by Gasteiger charge is -2.02. The fourth-order valence-electron chi connectivity index (χ4n) is 1.38. The van der Waals surface area contributed by atoms with E-state index in [0.717, 1.165) is 10.9 Å². The van der Waals surface area contributed by atoms with E-state index in [4.69, 9.17) is 10.2 Å². The van der Waals surface area contributed by atoms with Gasteiger partial charge in [-0.15, -0.1) is 0 Å². The van der Waals surface area contributed by atoms with Crippen LogP contribution in [-0.4, -0.2) is 0 Å². The highest BCUT2D eigenvalue weighted by Crippen LogP contribution is 2.20. The normalized spacial score (nSPS) is 10.6. The molecular formula is C10H9NO2S. The summed E-state index contributed by atoms with van der Waals surface area (Å²) in [6, 6.07) is 6.70.